The van der Waals surface area contributed by atoms with Crippen molar-refractivity contribution in [1.82, 2.24) is 9.55 Å². The fourth-order valence-corrected chi connectivity index (χ4v) is 1.75. The van der Waals surface area contributed by atoms with Crippen LogP contribution in [0.5, 0.6) is 0 Å². The molecule has 3 nitrogen and oxygen atoms in total. The number of aromatic nitrogens is 2. The molecule has 0 spiro atoms. The van der Waals surface area contributed by atoms with Crippen molar-refractivity contribution in [2.45, 2.75) is 53.5 Å². The lowest BCUT2D eigenvalue weighted by molar-refractivity contribution is 0.562. The van der Waals surface area contributed by atoms with Crippen molar-refractivity contribution in [1.29, 1.82) is 0 Å². The van der Waals surface area contributed by atoms with Gasteiger partial charge in [-0.3, -0.25) is 0 Å². The molecule has 1 aromatic rings. The standard InChI is InChI=1S/C13H25N3/c1-10(2)7-6-8-14-13-15-12(5)9-16(13)11(3)4/h9-11H,6-8H2,1-5H3,(H,14,15). The average molecular weight is 223 g/mol. The van der Waals surface area contributed by atoms with E-state index in [2.05, 4.69) is 48.8 Å². The summed E-state index contributed by atoms with van der Waals surface area (Å²) in [5.41, 5.74) is 1.08. The van der Waals surface area contributed by atoms with Crippen molar-refractivity contribution in [2.75, 3.05) is 11.9 Å². The van der Waals surface area contributed by atoms with E-state index in [1.54, 1.807) is 0 Å². The molecule has 92 valence electrons. The van der Waals surface area contributed by atoms with Gasteiger partial charge in [0.25, 0.3) is 0 Å². The van der Waals surface area contributed by atoms with E-state index in [1.807, 2.05) is 6.92 Å². The van der Waals surface area contributed by atoms with E-state index < -0.39 is 0 Å². The van der Waals surface area contributed by atoms with E-state index in [1.165, 1.54) is 12.8 Å². The van der Waals surface area contributed by atoms with Crippen LogP contribution in [0.15, 0.2) is 6.20 Å². The first-order valence-electron chi connectivity index (χ1n) is 6.30. The first-order chi connectivity index (χ1) is 7.50. The molecule has 0 aliphatic heterocycles. The monoisotopic (exact) mass is 223 g/mol. The molecule has 0 unspecified atom stereocenters. The van der Waals surface area contributed by atoms with Crippen LogP contribution in [0.25, 0.3) is 0 Å². The predicted octanol–water partition coefficient (Wildman–Crippen LogP) is 3.62. The van der Waals surface area contributed by atoms with Crippen LogP contribution in [-0.4, -0.2) is 16.1 Å². The number of nitrogens with zero attached hydrogens (tertiary/aromatic N) is 2. The number of nitrogens with one attached hydrogen (secondary N) is 1. The summed E-state index contributed by atoms with van der Waals surface area (Å²) in [5.74, 6) is 1.80. The Morgan fingerprint density at radius 2 is 2.00 bits per heavy atom. The molecule has 1 aromatic heterocycles. The van der Waals surface area contributed by atoms with Crippen molar-refractivity contribution >= 4 is 5.95 Å². The summed E-state index contributed by atoms with van der Waals surface area (Å²) < 4.78 is 2.20. The van der Waals surface area contributed by atoms with Crippen molar-refractivity contribution in [3.05, 3.63) is 11.9 Å². The Hall–Kier alpha value is -0.990. The zero-order valence-corrected chi connectivity index (χ0v) is 11.2. The molecule has 16 heavy (non-hydrogen) atoms. The summed E-state index contributed by atoms with van der Waals surface area (Å²) in [6, 6.07) is 0.466. The molecular weight excluding hydrogens is 198 g/mol. The summed E-state index contributed by atoms with van der Waals surface area (Å²) in [5, 5.41) is 3.42. The van der Waals surface area contributed by atoms with Crippen LogP contribution < -0.4 is 5.32 Å². The number of imidazole rings is 1. The van der Waals surface area contributed by atoms with E-state index in [0.29, 0.717) is 6.04 Å². The lowest BCUT2D eigenvalue weighted by atomic mass is 10.1. The minimum atomic E-state index is 0.466. The fourth-order valence-electron chi connectivity index (χ4n) is 1.75. The van der Waals surface area contributed by atoms with E-state index in [9.17, 15) is 0 Å². The van der Waals surface area contributed by atoms with E-state index in [0.717, 1.165) is 24.1 Å². The van der Waals surface area contributed by atoms with E-state index in [-0.39, 0.29) is 0 Å². The van der Waals surface area contributed by atoms with Crippen LogP contribution in [0.4, 0.5) is 5.95 Å². The minimum absolute atomic E-state index is 0.466. The van der Waals surface area contributed by atoms with Crippen molar-refractivity contribution < 1.29 is 0 Å². The van der Waals surface area contributed by atoms with Gasteiger partial charge in [-0.25, -0.2) is 4.98 Å². The van der Waals surface area contributed by atoms with Gasteiger partial charge in [-0.2, -0.15) is 0 Å². The SMILES string of the molecule is Cc1cn(C(C)C)c(NCCCC(C)C)n1. The minimum Gasteiger partial charge on any atom is -0.356 e. The molecule has 3 heteroatoms. The first-order valence-corrected chi connectivity index (χ1v) is 6.30. The highest BCUT2D eigenvalue weighted by Crippen LogP contribution is 2.15. The van der Waals surface area contributed by atoms with Gasteiger partial charge in [-0.1, -0.05) is 13.8 Å². The Bertz CT molecular complexity index is 313. The summed E-state index contributed by atoms with van der Waals surface area (Å²) >= 11 is 0. The van der Waals surface area contributed by atoms with Gasteiger partial charge in [0.15, 0.2) is 0 Å². The Morgan fingerprint density at radius 3 is 2.56 bits per heavy atom. The third-order valence-corrected chi connectivity index (χ3v) is 2.65. The predicted molar refractivity (Wildman–Crippen MR) is 69.9 cm³/mol. The van der Waals surface area contributed by atoms with Crippen molar-refractivity contribution in [3.63, 3.8) is 0 Å². The highest BCUT2D eigenvalue weighted by Gasteiger charge is 2.07. The maximum atomic E-state index is 4.50. The second-order valence-corrected chi connectivity index (χ2v) is 5.17. The number of anilines is 1. The molecule has 1 N–H and O–H groups in total. The normalized spacial score (nSPS) is 11.4. The second-order valence-electron chi connectivity index (χ2n) is 5.17. The zero-order chi connectivity index (χ0) is 12.1. The molecule has 0 atom stereocenters. The average Bonchev–Trinajstić information content (AvgIpc) is 2.54. The molecule has 1 heterocycles. The highest BCUT2D eigenvalue weighted by molar-refractivity contribution is 5.29. The Morgan fingerprint density at radius 1 is 1.31 bits per heavy atom. The van der Waals surface area contributed by atoms with Gasteiger partial charge in [0, 0.05) is 18.8 Å². The zero-order valence-electron chi connectivity index (χ0n) is 11.2. The van der Waals surface area contributed by atoms with Crippen LogP contribution in [0.2, 0.25) is 0 Å². The van der Waals surface area contributed by atoms with Gasteiger partial charge in [0.05, 0.1) is 5.69 Å². The number of aryl methyl sites for hydroxylation is 1. The second kappa shape index (κ2) is 5.92. The number of hydrogen-bond acceptors (Lipinski definition) is 2. The molecule has 0 fully saturated rings. The molecule has 0 aromatic carbocycles. The fraction of sp³-hybridized carbons (Fsp3) is 0.769. The van der Waals surface area contributed by atoms with Gasteiger partial charge in [0.1, 0.15) is 0 Å². The van der Waals surface area contributed by atoms with Gasteiger partial charge in [-0.15, -0.1) is 0 Å². The summed E-state index contributed by atoms with van der Waals surface area (Å²) in [6.07, 6.45) is 4.59. The van der Waals surface area contributed by atoms with Crippen LogP contribution in [0.3, 0.4) is 0 Å². The van der Waals surface area contributed by atoms with Crippen LogP contribution in [0.1, 0.15) is 52.3 Å². The van der Waals surface area contributed by atoms with Gasteiger partial charge >= 0.3 is 0 Å². The van der Waals surface area contributed by atoms with Crippen molar-refractivity contribution in [3.8, 4) is 0 Å². The molecule has 0 aliphatic rings. The van der Waals surface area contributed by atoms with E-state index >= 15 is 0 Å². The topological polar surface area (TPSA) is 29.9 Å². The molecule has 0 saturated carbocycles. The highest BCUT2D eigenvalue weighted by atomic mass is 15.2. The van der Waals surface area contributed by atoms with Gasteiger partial charge in [0.2, 0.25) is 5.95 Å². The largest absolute Gasteiger partial charge is 0.356 e. The Balaban J connectivity index is 2.46. The maximum Gasteiger partial charge on any atom is 0.203 e. The van der Waals surface area contributed by atoms with Gasteiger partial charge < -0.3 is 9.88 Å². The number of rotatable bonds is 6. The molecule has 0 radical (unpaired) electrons. The van der Waals surface area contributed by atoms with E-state index in [4.69, 9.17) is 0 Å². The third-order valence-electron chi connectivity index (χ3n) is 2.65. The van der Waals surface area contributed by atoms with Crippen LogP contribution in [0, 0.1) is 12.8 Å². The summed E-state index contributed by atoms with van der Waals surface area (Å²) in [6.45, 7) is 11.9. The first kappa shape index (κ1) is 13.1. The van der Waals surface area contributed by atoms with Gasteiger partial charge in [-0.05, 0) is 39.5 Å². The van der Waals surface area contributed by atoms with Crippen LogP contribution >= 0.6 is 0 Å². The quantitative estimate of drug-likeness (QED) is 0.746. The lowest BCUT2D eigenvalue weighted by Crippen LogP contribution is -2.10. The molecule has 1 rings (SSSR count). The Labute approximate surface area is 99.3 Å². The smallest absolute Gasteiger partial charge is 0.203 e. The third kappa shape index (κ3) is 3.87. The summed E-state index contributed by atoms with van der Waals surface area (Å²) in [4.78, 5) is 4.50. The Kier molecular flexibility index (Phi) is 4.84. The maximum absolute atomic E-state index is 4.50. The lowest BCUT2D eigenvalue weighted by Gasteiger charge is -2.12. The number of hydrogen-bond donors (Lipinski definition) is 1. The molecule has 0 amide bonds. The van der Waals surface area contributed by atoms with Crippen molar-refractivity contribution in [2.24, 2.45) is 5.92 Å². The molecule has 0 saturated heterocycles. The molecule has 0 bridgehead atoms. The van der Waals surface area contributed by atoms with Crippen LogP contribution in [-0.2, 0) is 0 Å². The summed E-state index contributed by atoms with van der Waals surface area (Å²) in [7, 11) is 0. The molecular formula is C13H25N3. The molecule has 0 aliphatic carbocycles.